The molecule has 1 heterocycles. The quantitative estimate of drug-likeness (QED) is 0.742. The summed E-state index contributed by atoms with van der Waals surface area (Å²) in [6.07, 6.45) is 0.182. The smallest absolute Gasteiger partial charge is 0.388 e. The van der Waals surface area contributed by atoms with Gasteiger partial charge in [-0.1, -0.05) is 25.7 Å². The Morgan fingerprint density at radius 1 is 1.22 bits per heavy atom. The molecule has 0 unspecified atom stereocenters. The molecule has 0 aromatic carbocycles. The van der Waals surface area contributed by atoms with Crippen molar-refractivity contribution in [1.82, 2.24) is 10.3 Å². The number of hydrogen-bond acceptors (Lipinski definition) is 3. The van der Waals surface area contributed by atoms with Gasteiger partial charge in [-0.05, 0) is 25.0 Å². The summed E-state index contributed by atoms with van der Waals surface area (Å²) in [4.78, 5) is 25.3. The Bertz CT molecular complexity index is 617. The Kier molecular flexibility index (Phi) is 5.13. The Hall–Kier alpha value is -1.83. The van der Waals surface area contributed by atoms with E-state index < -0.39 is 34.5 Å². The molecule has 3 N–H and O–H groups in total. The van der Waals surface area contributed by atoms with Crippen molar-refractivity contribution in [3.8, 4) is 0 Å². The molecule has 1 amide bonds. The fraction of sp³-hybridized carbons (Fsp3) is 0.600. The van der Waals surface area contributed by atoms with E-state index in [0.717, 1.165) is 31.7 Å². The molecular weight excluding hydrogens is 313 g/mol. The van der Waals surface area contributed by atoms with Gasteiger partial charge >= 0.3 is 6.18 Å². The van der Waals surface area contributed by atoms with Gasteiger partial charge < -0.3 is 15.4 Å². The number of rotatable bonds is 3. The SMILES string of the molecule is O=C(NCC1(O)CCCCCC1)c1ccc(C(F)(F)F)[nH]c1=O. The number of halogens is 3. The lowest BCUT2D eigenvalue weighted by Gasteiger charge is -2.26. The molecule has 1 saturated carbocycles. The van der Waals surface area contributed by atoms with Gasteiger partial charge in [0.25, 0.3) is 11.5 Å². The second-order valence-electron chi connectivity index (χ2n) is 5.93. The highest BCUT2D eigenvalue weighted by Crippen LogP contribution is 2.27. The summed E-state index contributed by atoms with van der Waals surface area (Å²) in [5.41, 5.74) is -3.74. The van der Waals surface area contributed by atoms with Gasteiger partial charge in [0, 0.05) is 6.54 Å². The number of carbonyl (C=O) groups excluding carboxylic acids is 1. The minimum atomic E-state index is -4.68. The van der Waals surface area contributed by atoms with Crippen LogP contribution in [0.1, 0.15) is 54.6 Å². The Morgan fingerprint density at radius 3 is 2.35 bits per heavy atom. The fourth-order valence-electron chi connectivity index (χ4n) is 2.72. The number of amides is 1. The van der Waals surface area contributed by atoms with Crippen LogP contribution in [0.4, 0.5) is 13.2 Å². The van der Waals surface area contributed by atoms with Crippen LogP contribution >= 0.6 is 0 Å². The summed E-state index contributed by atoms with van der Waals surface area (Å²) in [5, 5.41) is 12.9. The average molecular weight is 332 g/mol. The summed E-state index contributed by atoms with van der Waals surface area (Å²) in [6.45, 7) is -0.0215. The molecule has 1 aromatic heterocycles. The number of hydrogen-bond donors (Lipinski definition) is 3. The van der Waals surface area contributed by atoms with Crippen LogP contribution in [0, 0.1) is 0 Å². The van der Waals surface area contributed by atoms with Crippen LogP contribution in [0.15, 0.2) is 16.9 Å². The topological polar surface area (TPSA) is 82.2 Å². The van der Waals surface area contributed by atoms with Gasteiger partial charge in [-0.15, -0.1) is 0 Å². The van der Waals surface area contributed by atoms with Crippen molar-refractivity contribution in [2.45, 2.75) is 50.3 Å². The molecule has 1 aliphatic rings. The number of aromatic nitrogens is 1. The second-order valence-corrected chi connectivity index (χ2v) is 5.93. The van der Waals surface area contributed by atoms with E-state index in [1.165, 1.54) is 0 Å². The van der Waals surface area contributed by atoms with E-state index in [2.05, 4.69) is 5.32 Å². The van der Waals surface area contributed by atoms with Crippen LogP contribution in [0.2, 0.25) is 0 Å². The van der Waals surface area contributed by atoms with Gasteiger partial charge in [-0.25, -0.2) is 0 Å². The van der Waals surface area contributed by atoms with Gasteiger partial charge in [-0.3, -0.25) is 9.59 Å². The van der Waals surface area contributed by atoms with Crippen molar-refractivity contribution in [2.75, 3.05) is 6.54 Å². The molecular formula is C15H19F3N2O3. The van der Waals surface area contributed by atoms with Crippen LogP contribution < -0.4 is 10.9 Å². The van der Waals surface area contributed by atoms with E-state index in [9.17, 15) is 27.9 Å². The molecule has 0 saturated heterocycles. The first-order valence-electron chi connectivity index (χ1n) is 7.52. The third-order valence-electron chi connectivity index (χ3n) is 4.07. The molecule has 23 heavy (non-hydrogen) atoms. The maximum atomic E-state index is 12.5. The summed E-state index contributed by atoms with van der Waals surface area (Å²) < 4.78 is 37.4. The summed E-state index contributed by atoms with van der Waals surface area (Å²) in [6, 6.07) is 1.49. The molecule has 0 bridgehead atoms. The second kappa shape index (κ2) is 6.74. The first-order chi connectivity index (χ1) is 10.7. The molecule has 0 aliphatic heterocycles. The zero-order chi connectivity index (χ0) is 17.1. The lowest BCUT2D eigenvalue weighted by atomic mass is 9.94. The summed E-state index contributed by atoms with van der Waals surface area (Å²) in [5.74, 6) is -0.794. The number of aliphatic hydroxyl groups is 1. The van der Waals surface area contributed by atoms with E-state index in [-0.39, 0.29) is 6.54 Å². The molecule has 128 valence electrons. The molecule has 0 radical (unpaired) electrons. The normalized spacial score (nSPS) is 18.3. The largest absolute Gasteiger partial charge is 0.431 e. The molecule has 1 aromatic rings. The van der Waals surface area contributed by atoms with Gasteiger partial charge in [0.1, 0.15) is 11.3 Å². The molecule has 2 rings (SSSR count). The van der Waals surface area contributed by atoms with Crippen molar-refractivity contribution < 1.29 is 23.1 Å². The molecule has 1 aliphatic carbocycles. The summed E-state index contributed by atoms with van der Waals surface area (Å²) >= 11 is 0. The van der Waals surface area contributed by atoms with Crippen molar-refractivity contribution in [2.24, 2.45) is 0 Å². The standard InChI is InChI=1S/C15H19F3N2O3/c16-15(17,18)11-6-5-10(13(22)20-11)12(21)19-9-14(23)7-3-1-2-4-8-14/h5-6,23H,1-4,7-9H2,(H,19,21)(H,20,22). The average Bonchev–Trinajstić information content (AvgIpc) is 2.69. The van der Waals surface area contributed by atoms with Gasteiger partial charge in [-0.2, -0.15) is 13.2 Å². The number of carbonyl (C=O) groups is 1. The van der Waals surface area contributed by atoms with Crippen LogP contribution in [-0.2, 0) is 6.18 Å². The minimum Gasteiger partial charge on any atom is -0.388 e. The number of aromatic amines is 1. The van der Waals surface area contributed by atoms with E-state index in [1.54, 1.807) is 4.98 Å². The Morgan fingerprint density at radius 2 is 1.83 bits per heavy atom. The van der Waals surface area contributed by atoms with E-state index in [4.69, 9.17) is 0 Å². The summed E-state index contributed by atoms with van der Waals surface area (Å²) in [7, 11) is 0. The zero-order valence-corrected chi connectivity index (χ0v) is 12.5. The van der Waals surface area contributed by atoms with Crippen molar-refractivity contribution in [1.29, 1.82) is 0 Å². The molecule has 1 fully saturated rings. The third-order valence-corrected chi connectivity index (χ3v) is 4.07. The van der Waals surface area contributed by atoms with Crippen LogP contribution in [0.25, 0.3) is 0 Å². The lowest BCUT2D eigenvalue weighted by molar-refractivity contribution is -0.141. The van der Waals surface area contributed by atoms with Crippen LogP contribution in [0.3, 0.4) is 0 Å². The van der Waals surface area contributed by atoms with E-state index >= 15 is 0 Å². The first kappa shape index (κ1) is 17.5. The third kappa shape index (κ3) is 4.57. The predicted molar refractivity (Wildman–Crippen MR) is 77.0 cm³/mol. The number of H-pyrrole nitrogens is 1. The van der Waals surface area contributed by atoms with Crippen molar-refractivity contribution >= 4 is 5.91 Å². The highest BCUT2D eigenvalue weighted by molar-refractivity contribution is 5.93. The minimum absolute atomic E-state index is 0.0215. The monoisotopic (exact) mass is 332 g/mol. The van der Waals surface area contributed by atoms with Crippen molar-refractivity contribution in [3.63, 3.8) is 0 Å². The Balaban J connectivity index is 2.05. The maximum Gasteiger partial charge on any atom is 0.431 e. The van der Waals surface area contributed by atoms with Crippen LogP contribution in [-0.4, -0.2) is 28.1 Å². The molecule has 0 atom stereocenters. The van der Waals surface area contributed by atoms with E-state index in [1.807, 2.05) is 0 Å². The van der Waals surface area contributed by atoms with Gasteiger partial charge in [0.15, 0.2) is 0 Å². The van der Waals surface area contributed by atoms with E-state index in [0.29, 0.717) is 18.9 Å². The maximum absolute atomic E-state index is 12.5. The van der Waals surface area contributed by atoms with Crippen molar-refractivity contribution in [3.05, 3.63) is 33.7 Å². The number of nitrogens with one attached hydrogen (secondary N) is 2. The van der Waals surface area contributed by atoms with Gasteiger partial charge in [0.2, 0.25) is 0 Å². The fourth-order valence-corrected chi connectivity index (χ4v) is 2.72. The highest BCUT2D eigenvalue weighted by atomic mass is 19.4. The highest BCUT2D eigenvalue weighted by Gasteiger charge is 2.33. The van der Waals surface area contributed by atoms with Gasteiger partial charge in [0.05, 0.1) is 5.60 Å². The Labute approximate surface area is 130 Å². The molecule has 0 spiro atoms. The lowest BCUT2D eigenvalue weighted by Crippen LogP contribution is -2.43. The first-order valence-corrected chi connectivity index (χ1v) is 7.52. The zero-order valence-electron chi connectivity index (χ0n) is 12.5. The molecule has 5 nitrogen and oxygen atoms in total. The predicted octanol–water partition coefficient (Wildman–Crippen LogP) is 2.21. The number of pyridine rings is 1. The van der Waals surface area contributed by atoms with Crippen LogP contribution in [0.5, 0.6) is 0 Å². The number of alkyl halides is 3. The molecule has 8 heteroatoms.